The minimum absolute atomic E-state index is 0.0270. The van der Waals surface area contributed by atoms with Crippen molar-refractivity contribution in [1.82, 2.24) is 9.88 Å². The van der Waals surface area contributed by atoms with E-state index in [2.05, 4.69) is 16.8 Å². The fraction of sp³-hybridized carbons (Fsp3) is 0.692. The number of carbonyl (C=O) groups excluding carboxylic acids is 1. The van der Waals surface area contributed by atoms with Crippen LogP contribution in [0.2, 0.25) is 0 Å². The molecule has 0 unspecified atom stereocenters. The summed E-state index contributed by atoms with van der Waals surface area (Å²) in [6, 6.07) is 0. The van der Waals surface area contributed by atoms with Gasteiger partial charge in [-0.15, -0.1) is 0 Å². The second kappa shape index (κ2) is 5.45. The molecule has 0 aliphatic carbocycles. The number of aromatic nitrogens is 1. The third-order valence-electron chi connectivity index (χ3n) is 3.53. The molecule has 94 valence electrons. The smallest absolute Gasteiger partial charge is 0.194 e. The molecule has 2 heterocycles. The monoisotopic (exact) mass is 236 g/mol. The van der Waals surface area contributed by atoms with E-state index in [4.69, 9.17) is 4.42 Å². The van der Waals surface area contributed by atoms with Crippen LogP contribution in [0.25, 0.3) is 0 Å². The van der Waals surface area contributed by atoms with Crippen LogP contribution in [0.3, 0.4) is 0 Å². The van der Waals surface area contributed by atoms with Crippen LogP contribution in [0.15, 0.2) is 10.7 Å². The third-order valence-corrected chi connectivity index (χ3v) is 3.53. The van der Waals surface area contributed by atoms with E-state index in [1.807, 2.05) is 0 Å². The molecule has 1 aromatic rings. The lowest BCUT2D eigenvalue weighted by Gasteiger charge is -2.30. The first-order valence-electron chi connectivity index (χ1n) is 6.36. The van der Waals surface area contributed by atoms with Gasteiger partial charge in [0.1, 0.15) is 12.0 Å². The van der Waals surface area contributed by atoms with E-state index in [1.54, 1.807) is 0 Å². The Bertz CT molecular complexity index is 379. The number of Topliss-reactive ketones (excluding diaryl/α,β-unsaturated/α-hetero) is 1. The minimum atomic E-state index is -0.0270. The van der Waals surface area contributed by atoms with Crippen molar-refractivity contribution in [3.63, 3.8) is 0 Å². The van der Waals surface area contributed by atoms with E-state index in [1.165, 1.54) is 39.1 Å². The average molecular weight is 236 g/mol. The zero-order valence-electron chi connectivity index (χ0n) is 10.6. The fourth-order valence-corrected chi connectivity index (χ4v) is 2.32. The second-order valence-electron chi connectivity index (χ2n) is 4.76. The molecule has 1 aliphatic heterocycles. The Morgan fingerprint density at radius 1 is 1.53 bits per heavy atom. The number of carbonyl (C=O) groups is 1. The van der Waals surface area contributed by atoms with E-state index >= 15 is 0 Å². The van der Waals surface area contributed by atoms with Crippen molar-refractivity contribution in [2.45, 2.75) is 33.1 Å². The zero-order valence-corrected chi connectivity index (χ0v) is 10.6. The van der Waals surface area contributed by atoms with Gasteiger partial charge >= 0.3 is 0 Å². The van der Waals surface area contributed by atoms with Crippen molar-refractivity contribution in [3.8, 4) is 0 Å². The number of hydrogen-bond acceptors (Lipinski definition) is 4. The molecule has 2 rings (SSSR count). The number of likely N-dealkylation sites (tertiary alicyclic amines) is 1. The normalized spacial score (nSPS) is 18.5. The second-order valence-corrected chi connectivity index (χ2v) is 4.76. The summed E-state index contributed by atoms with van der Waals surface area (Å²) in [4.78, 5) is 17.8. The van der Waals surface area contributed by atoms with E-state index in [0.717, 1.165) is 13.0 Å². The molecule has 0 radical (unpaired) electrons. The Kier molecular flexibility index (Phi) is 3.94. The highest BCUT2D eigenvalue weighted by Gasteiger charge is 2.20. The summed E-state index contributed by atoms with van der Waals surface area (Å²) in [5, 5.41) is 0. The van der Waals surface area contributed by atoms with Crippen LogP contribution in [-0.2, 0) is 6.42 Å². The first-order chi connectivity index (χ1) is 8.19. The van der Waals surface area contributed by atoms with E-state index in [0.29, 0.717) is 17.5 Å². The highest BCUT2D eigenvalue weighted by atomic mass is 16.3. The predicted molar refractivity (Wildman–Crippen MR) is 65.0 cm³/mol. The lowest BCUT2D eigenvalue weighted by atomic mass is 9.93. The first-order valence-corrected chi connectivity index (χ1v) is 6.36. The average Bonchev–Trinajstić information content (AvgIpc) is 2.79. The number of oxazole rings is 1. The lowest BCUT2D eigenvalue weighted by molar-refractivity contribution is 0.101. The maximum Gasteiger partial charge on any atom is 0.194 e. The number of hydrogen-bond donors (Lipinski definition) is 0. The van der Waals surface area contributed by atoms with Gasteiger partial charge in [0.2, 0.25) is 0 Å². The van der Waals surface area contributed by atoms with Gasteiger partial charge in [0.05, 0.1) is 0 Å². The van der Waals surface area contributed by atoms with Crippen molar-refractivity contribution >= 4 is 5.78 Å². The molecule has 17 heavy (non-hydrogen) atoms. The van der Waals surface area contributed by atoms with Gasteiger partial charge in [-0.1, -0.05) is 6.92 Å². The molecule has 1 saturated heterocycles. The maximum absolute atomic E-state index is 11.1. The van der Waals surface area contributed by atoms with Crippen molar-refractivity contribution in [1.29, 1.82) is 0 Å². The number of rotatable bonds is 4. The van der Waals surface area contributed by atoms with E-state index in [9.17, 15) is 4.79 Å². The molecule has 0 atom stereocenters. The topological polar surface area (TPSA) is 46.3 Å². The Balaban J connectivity index is 1.86. The van der Waals surface area contributed by atoms with Crippen molar-refractivity contribution in [3.05, 3.63) is 17.8 Å². The van der Waals surface area contributed by atoms with Gasteiger partial charge in [-0.05, 0) is 38.4 Å². The van der Waals surface area contributed by atoms with Crippen LogP contribution in [0, 0.1) is 5.92 Å². The summed E-state index contributed by atoms with van der Waals surface area (Å²) in [5.74, 6) is 1.34. The van der Waals surface area contributed by atoms with Crippen LogP contribution in [-0.4, -0.2) is 35.3 Å². The van der Waals surface area contributed by atoms with Gasteiger partial charge in [0.15, 0.2) is 11.7 Å². The molecule has 1 aliphatic rings. The first kappa shape index (κ1) is 12.3. The largest absolute Gasteiger partial charge is 0.448 e. The Morgan fingerprint density at radius 3 is 2.76 bits per heavy atom. The number of nitrogens with zero attached hydrogens (tertiary/aromatic N) is 2. The number of ketones is 1. The molecule has 0 bridgehead atoms. The van der Waals surface area contributed by atoms with Gasteiger partial charge in [0, 0.05) is 13.3 Å². The molecular formula is C13H20N2O2. The van der Waals surface area contributed by atoms with Crippen LogP contribution in [0.4, 0.5) is 0 Å². The Hall–Kier alpha value is -1.16. The summed E-state index contributed by atoms with van der Waals surface area (Å²) < 4.78 is 5.34. The number of piperidine rings is 1. The van der Waals surface area contributed by atoms with Crippen molar-refractivity contribution in [2.24, 2.45) is 5.92 Å². The summed E-state index contributed by atoms with van der Waals surface area (Å²) in [7, 11) is 0. The molecule has 0 spiro atoms. The quantitative estimate of drug-likeness (QED) is 0.751. The molecule has 1 aromatic heterocycles. The van der Waals surface area contributed by atoms with Crippen LogP contribution < -0.4 is 0 Å². The Morgan fingerprint density at radius 2 is 2.24 bits per heavy atom. The molecule has 0 amide bonds. The molecule has 0 aromatic carbocycles. The standard InChI is InChI=1S/C13H20N2O2/c1-3-15-6-4-11(5-7-15)8-13-14-12(9-17-13)10(2)16/h9,11H,3-8H2,1-2H3. The molecule has 4 heteroatoms. The van der Waals surface area contributed by atoms with Gasteiger partial charge in [-0.2, -0.15) is 0 Å². The summed E-state index contributed by atoms with van der Waals surface area (Å²) in [6.07, 6.45) is 4.74. The fourth-order valence-electron chi connectivity index (χ4n) is 2.32. The maximum atomic E-state index is 11.1. The van der Waals surface area contributed by atoms with Gasteiger partial charge < -0.3 is 9.32 Å². The van der Waals surface area contributed by atoms with Crippen molar-refractivity contribution < 1.29 is 9.21 Å². The third kappa shape index (κ3) is 3.16. The summed E-state index contributed by atoms with van der Waals surface area (Å²) in [6.45, 7) is 7.19. The summed E-state index contributed by atoms with van der Waals surface area (Å²) >= 11 is 0. The molecule has 1 fully saturated rings. The predicted octanol–water partition coefficient (Wildman–Crippen LogP) is 2.15. The zero-order chi connectivity index (χ0) is 12.3. The molecular weight excluding hydrogens is 216 g/mol. The minimum Gasteiger partial charge on any atom is -0.448 e. The molecule has 4 nitrogen and oxygen atoms in total. The van der Waals surface area contributed by atoms with Gasteiger partial charge in [-0.3, -0.25) is 4.79 Å². The highest BCUT2D eigenvalue weighted by molar-refractivity contribution is 5.91. The molecule has 0 saturated carbocycles. The van der Waals surface area contributed by atoms with Gasteiger partial charge in [0.25, 0.3) is 0 Å². The lowest BCUT2D eigenvalue weighted by Crippen LogP contribution is -2.34. The SMILES string of the molecule is CCN1CCC(Cc2nc(C(C)=O)co2)CC1. The van der Waals surface area contributed by atoms with Gasteiger partial charge in [-0.25, -0.2) is 4.98 Å². The Labute approximate surface area is 102 Å². The van der Waals surface area contributed by atoms with Crippen LogP contribution in [0.1, 0.15) is 43.1 Å². The molecule has 0 N–H and O–H groups in total. The van der Waals surface area contributed by atoms with Crippen molar-refractivity contribution in [2.75, 3.05) is 19.6 Å². The van der Waals surface area contributed by atoms with Crippen LogP contribution >= 0.6 is 0 Å². The van der Waals surface area contributed by atoms with Crippen LogP contribution in [0.5, 0.6) is 0 Å². The highest BCUT2D eigenvalue weighted by Crippen LogP contribution is 2.21. The van der Waals surface area contributed by atoms with E-state index in [-0.39, 0.29) is 5.78 Å². The van der Waals surface area contributed by atoms with E-state index < -0.39 is 0 Å². The summed E-state index contributed by atoms with van der Waals surface area (Å²) in [5.41, 5.74) is 0.450.